The van der Waals surface area contributed by atoms with E-state index in [1.807, 2.05) is 0 Å². The summed E-state index contributed by atoms with van der Waals surface area (Å²) in [5, 5.41) is 0. The maximum atomic E-state index is 2.42. The van der Waals surface area contributed by atoms with E-state index in [0.29, 0.717) is 0 Å². The molecule has 0 aromatic rings. The first-order chi connectivity index (χ1) is 8.20. The maximum absolute atomic E-state index is 2.42. The second-order valence-corrected chi connectivity index (χ2v) is 6.72. The minimum Gasteiger partial charge on any atom is -0.0625 e. The van der Waals surface area contributed by atoms with Gasteiger partial charge in [0.1, 0.15) is 0 Å². The topological polar surface area (TPSA) is 0 Å². The molecule has 102 valence electrons. The third kappa shape index (κ3) is 7.11. The van der Waals surface area contributed by atoms with Crippen LogP contribution in [0.25, 0.3) is 0 Å². The summed E-state index contributed by atoms with van der Waals surface area (Å²) in [6.45, 7) is 7.16. The first-order valence-corrected chi connectivity index (χ1v) is 8.20. The van der Waals surface area contributed by atoms with Crippen molar-refractivity contribution in [1.82, 2.24) is 0 Å². The Labute approximate surface area is 110 Å². The van der Waals surface area contributed by atoms with Gasteiger partial charge in [0.15, 0.2) is 0 Å². The van der Waals surface area contributed by atoms with Gasteiger partial charge in [-0.2, -0.15) is 0 Å². The molecule has 0 bridgehead atoms. The largest absolute Gasteiger partial charge is 0.0625 e. The van der Waals surface area contributed by atoms with E-state index in [1.165, 1.54) is 70.6 Å². The summed E-state index contributed by atoms with van der Waals surface area (Å²) in [7, 11) is 0. The van der Waals surface area contributed by atoms with E-state index in [0.717, 1.165) is 17.8 Å². The third-order valence-corrected chi connectivity index (χ3v) is 4.88. The molecule has 0 amide bonds. The molecule has 17 heavy (non-hydrogen) atoms. The van der Waals surface area contributed by atoms with Crippen molar-refractivity contribution < 1.29 is 0 Å². The van der Waals surface area contributed by atoms with Gasteiger partial charge in [-0.05, 0) is 17.8 Å². The summed E-state index contributed by atoms with van der Waals surface area (Å²) in [5.41, 5.74) is 0. The highest BCUT2D eigenvalue weighted by molar-refractivity contribution is 4.65. The Hall–Kier alpha value is 0. The fourth-order valence-electron chi connectivity index (χ4n) is 3.07. The van der Waals surface area contributed by atoms with Crippen molar-refractivity contribution in [2.75, 3.05) is 0 Å². The molecule has 0 radical (unpaired) electrons. The molecule has 1 rings (SSSR count). The van der Waals surface area contributed by atoms with Crippen LogP contribution in [0.5, 0.6) is 0 Å². The van der Waals surface area contributed by atoms with Crippen molar-refractivity contribution in [3.8, 4) is 0 Å². The SMILES string of the molecule is CC(C)C(C)CCCC1CCCCCCCC1. The highest BCUT2D eigenvalue weighted by Crippen LogP contribution is 2.27. The highest BCUT2D eigenvalue weighted by atomic mass is 14.2. The second kappa shape index (κ2) is 9.00. The molecule has 0 N–H and O–H groups in total. The van der Waals surface area contributed by atoms with Gasteiger partial charge >= 0.3 is 0 Å². The molecule has 1 aliphatic carbocycles. The molecule has 0 aromatic heterocycles. The molecular weight excluding hydrogens is 204 g/mol. The van der Waals surface area contributed by atoms with Crippen LogP contribution in [0, 0.1) is 17.8 Å². The van der Waals surface area contributed by atoms with Gasteiger partial charge in [-0.15, -0.1) is 0 Å². The van der Waals surface area contributed by atoms with Crippen LogP contribution in [0.4, 0.5) is 0 Å². The maximum Gasteiger partial charge on any atom is -0.0414 e. The highest BCUT2D eigenvalue weighted by Gasteiger charge is 2.12. The van der Waals surface area contributed by atoms with Crippen LogP contribution in [0.3, 0.4) is 0 Å². The third-order valence-electron chi connectivity index (χ3n) is 4.88. The lowest BCUT2D eigenvalue weighted by Gasteiger charge is -2.19. The molecule has 0 saturated heterocycles. The van der Waals surface area contributed by atoms with Crippen molar-refractivity contribution in [2.24, 2.45) is 17.8 Å². The summed E-state index contributed by atoms with van der Waals surface area (Å²) in [6.07, 6.45) is 16.5. The van der Waals surface area contributed by atoms with E-state index in [9.17, 15) is 0 Å². The van der Waals surface area contributed by atoms with Crippen molar-refractivity contribution in [3.05, 3.63) is 0 Å². The monoisotopic (exact) mass is 238 g/mol. The van der Waals surface area contributed by atoms with Crippen LogP contribution < -0.4 is 0 Å². The summed E-state index contributed by atoms with van der Waals surface area (Å²) >= 11 is 0. The Kier molecular flexibility index (Phi) is 7.97. The number of hydrogen-bond donors (Lipinski definition) is 0. The van der Waals surface area contributed by atoms with E-state index >= 15 is 0 Å². The predicted octanol–water partition coefficient (Wildman–Crippen LogP) is 6.20. The standard InChI is InChI=1S/C17H34/c1-15(2)16(3)11-10-14-17-12-8-6-4-5-7-9-13-17/h15-17H,4-14H2,1-3H3. The average Bonchev–Trinajstić information content (AvgIpc) is 2.42. The Morgan fingerprint density at radius 2 is 1.35 bits per heavy atom. The molecular formula is C17H34. The molecule has 1 saturated carbocycles. The van der Waals surface area contributed by atoms with Crippen molar-refractivity contribution in [1.29, 1.82) is 0 Å². The summed E-state index contributed by atoms with van der Waals surface area (Å²) < 4.78 is 0. The van der Waals surface area contributed by atoms with Crippen LogP contribution in [0.2, 0.25) is 0 Å². The molecule has 1 unspecified atom stereocenters. The fourth-order valence-corrected chi connectivity index (χ4v) is 3.07. The molecule has 1 aliphatic rings. The first-order valence-electron chi connectivity index (χ1n) is 8.20. The van der Waals surface area contributed by atoms with Crippen molar-refractivity contribution in [2.45, 2.75) is 91.4 Å². The Balaban J connectivity index is 2.14. The minimum atomic E-state index is 0.871. The lowest BCUT2D eigenvalue weighted by atomic mass is 9.87. The summed E-state index contributed by atoms with van der Waals surface area (Å²) in [6, 6.07) is 0. The lowest BCUT2D eigenvalue weighted by Crippen LogP contribution is -2.06. The van der Waals surface area contributed by atoms with Gasteiger partial charge in [0.2, 0.25) is 0 Å². The zero-order valence-corrected chi connectivity index (χ0v) is 12.5. The zero-order valence-electron chi connectivity index (χ0n) is 12.5. The first kappa shape index (κ1) is 15.1. The Morgan fingerprint density at radius 3 is 1.88 bits per heavy atom. The molecule has 0 spiro atoms. The smallest absolute Gasteiger partial charge is 0.0414 e. The van der Waals surface area contributed by atoms with Crippen LogP contribution >= 0.6 is 0 Å². The van der Waals surface area contributed by atoms with E-state index in [4.69, 9.17) is 0 Å². The van der Waals surface area contributed by atoms with Crippen molar-refractivity contribution >= 4 is 0 Å². The zero-order chi connectivity index (χ0) is 12.5. The van der Waals surface area contributed by atoms with E-state index in [2.05, 4.69) is 20.8 Å². The Morgan fingerprint density at radius 1 is 0.824 bits per heavy atom. The van der Waals surface area contributed by atoms with Crippen LogP contribution in [-0.2, 0) is 0 Å². The molecule has 1 fully saturated rings. The molecule has 0 heteroatoms. The molecule has 0 aliphatic heterocycles. The molecule has 1 atom stereocenters. The van der Waals surface area contributed by atoms with Gasteiger partial charge in [0.25, 0.3) is 0 Å². The number of hydrogen-bond acceptors (Lipinski definition) is 0. The van der Waals surface area contributed by atoms with Gasteiger partial charge in [-0.1, -0.05) is 91.4 Å². The minimum absolute atomic E-state index is 0.871. The molecule has 0 nitrogen and oxygen atoms in total. The second-order valence-electron chi connectivity index (χ2n) is 6.72. The van der Waals surface area contributed by atoms with Gasteiger partial charge in [0, 0.05) is 0 Å². The fraction of sp³-hybridized carbons (Fsp3) is 1.00. The molecule has 0 heterocycles. The van der Waals surface area contributed by atoms with E-state index in [1.54, 1.807) is 0 Å². The molecule has 0 aromatic carbocycles. The van der Waals surface area contributed by atoms with Gasteiger partial charge in [-0.3, -0.25) is 0 Å². The van der Waals surface area contributed by atoms with Crippen LogP contribution in [0.15, 0.2) is 0 Å². The number of rotatable bonds is 5. The predicted molar refractivity (Wildman–Crippen MR) is 78.3 cm³/mol. The lowest BCUT2D eigenvalue weighted by molar-refractivity contribution is 0.335. The average molecular weight is 238 g/mol. The summed E-state index contributed by atoms with van der Waals surface area (Å²) in [5.74, 6) is 2.86. The normalized spacial score (nSPS) is 21.9. The van der Waals surface area contributed by atoms with E-state index < -0.39 is 0 Å². The van der Waals surface area contributed by atoms with Crippen molar-refractivity contribution in [3.63, 3.8) is 0 Å². The summed E-state index contributed by atoms with van der Waals surface area (Å²) in [4.78, 5) is 0. The van der Waals surface area contributed by atoms with Crippen LogP contribution in [-0.4, -0.2) is 0 Å². The van der Waals surface area contributed by atoms with Crippen LogP contribution in [0.1, 0.15) is 91.4 Å². The quantitative estimate of drug-likeness (QED) is 0.535. The van der Waals surface area contributed by atoms with Gasteiger partial charge < -0.3 is 0 Å². The van der Waals surface area contributed by atoms with Gasteiger partial charge in [-0.25, -0.2) is 0 Å². The van der Waals surface area contributed by atoms with Gasteiger partial charge in [0.05, 0.1) is 0 Å². The Bertz CT molecular complexity index is 161. The van der Waals surface area contributed by atoms with E-state index in [-0.39, 0.29) is 0 Å².